The van der Waals surface area contributed by atoms with Crippen molar-refractivity contribution in [3.05, 3.63) is 169 Å². The third-order valence-electron chi connectivity index (χ3n) is 8.29. The van der Waals surface area contributed by atoms with Gasteiger partial charge < -0.3 is 4.42 Å². The molecule has 0 bridgehead atoms. The van der Waals surface area contributed by atoms with Crippen molar-refractivity contribution in [3.63, 3.8) is 0 Å². The second-order valence-electron chi connectivity index (χ2n) is 10.8. The quantitative estimate of drug-likeness (QED) is 0.180. The molecule has 10 rings (SSSR count). The minimum atomic E-state index is -0.832. The molecule has 0 aliphatic rings. The Morgan fingerprint density at radius 3 is 1.87 bits per heavy atom. The number of hydrogen-bond donors (Lipinski definition) is 0. The summed E-state index contributed by atoms with van der Waals surface area (Å²) in [4.78, 5) is 0. The van der Waals surface area contributed by atoms with Gasteiger partial charge in [-0.1, -0.05) is 139 Å². The van der Waals surface area contributed by atoms with Crippen LogP contribution in [0.2, 0.25) is 0 Å². The van der Waals surface area contributed by atoms with Gasteiger partial charge in [0.05, 0.1) is 28.8 Å². The zero-order chi connectivity index (χ0) is 49.2. The molecule has 0 aliphatic heterocycles. The monoisotopic (exact) mass is 617 g/mol. The van der Waals surface area contributed by atoms with E-state index < -0.39 is 176 Å². The maximum atomic E-state index is 9.56. The lowest BCUT2D eigenvalue weighted by atomic mass is 9.84. The van der Waals surface area contributed by atoms with Gasteiger partial charge in [0.25, 0.3) is 0 Å². The summed E-state index contributed by atoms with van der Waals surface area (Å²) >= 11 is 0. The molecule has 0 radical (unpaired) electrons. The molecule has 1 aromatic heterocycles. The van der Waals surface area contributed by atoms with Gasteiger partial charge in [-0.25, -0.2) is 0 Å². The van der Waals surface area contributed by atoms with Gasteiger partial charge in [0, 0.05) is 16.2 Å². The molecule has 1 nitrogen and oxygen atoms in total. The Balaban J connectivity index is 1.48. The van der Waals surface area contributed by atoms with E-state index >= 15 is 0 Å². The average molecular weight is 618 g/mol. The van der Waals surface area contributed by atoms with Gasteiger partial charge in [-0.3, -0.25) is 0 Å². The van der Waals surface area contributed by atoms with Gasteiger partial charge in [-0.15, -0.1) is 0 Å². The van der Waals surface area contributed by atoms with Crippen LogP contribution in [0.25, 0.3) is 98.4 Å². The third kappa shape index (κ3) is 3.97. The molecule has 0 atom stereocenters. The summed E-state index contributed by atoms with van der Waals surface area (Å²) < 4.78 is 195. The predicted molar refractivity (Wildman–Crippen MR) is 200 cm³/mol. The van der Waals surface area contributed by atoms with Crippen molar-refractivity contribution in [1.82, 2.24) is 0 Å². The molecule has 218 valence electrons. The maximum Gasteiger partial charge on any atom is 0.143 e. The van der Waals surface area contributed by atoms with E-state index in [1.165, 1.54) is 0 Å². The van der Waals surface area contributed by atoms with E-state index in [2.05, 4.69) is 0 Å². The third-order valence-corrected chi connectivity index (χ3v) is 8.29. The molecule has 0 saturated carbocycles. The van der Waals surface area contributed by atoms with Gasteiger partial charge in [-0.2, -0.15) is 0 Å². The molecule has 0 fully saturated rings. The van der Waals surface area contributed by atoms with Gasteiger partial charge >= 0.3 is 0 Å². The zero-order valence-corrected chi connectivity index (χ0v) is 23.9. The molecule has 9 aromatic carbocycles. The lowest BCUT2D eigenvalue weighted by Crippen LogP contribution is -1.91. The highest BCUT2D eigenvalue weighted by Gasteiger charge is 2.21. The van der Waals surface area contributed by atoms with E-state index in [1.807, 2.05) is 12.1 Å². The fourth-order valence-electron chi connectivity index (χ4n) is 6.26. The largest absolute Gasteiger partial charge is 0.455 e. The van der Waals surface area contributed by atoms with Gasteiger partial charge in [0.15, 0.2) is 0 Å². The molecule has 0 aliphatic carbocycles. The number of furan rings is 1. The summed E-state index contributed by atoms with van der Waals surface area (Å²) in [5.41, 5.74) is -2.88. The Labute approximate surface area is 301 Å². The van der Waals surface area contributed by atoms with E-state index in [0.29, 0.717) is 10.9 Å². The minimum absolute atomic E-state index is 0.00752. The summed E-state index contributed by atoms with van der Waals surface area (Å²) in [5.74, 6) is 0. The van der Waals surface area contributed by atoms with Crippen LogP contribution in [0, 0.1) is 0 Å². The second-order valence-corrected chi connectivity index (χ2v) is 10.8. The van der Waals surface area contributed by atoms with Crippen LogP contribution in [0.5, 0.6) is 0 Å². The van der Waals surface area contributed by atoms with Crippen molar-refractivity contribution >= 4 is 65.0 Å². The van der Waals surface area contributed by atoms with Crippen LogP contribution < -0.4 is 0 Å². The maximum absolute atomic E-state index is 9.56. The molecule has 1 heteroatoms. The predicted octanol–water partition coefficient (Wildman–Crippen LogP) is 13.2. The van der Waals surface area contributed by atoms with E-state index in [1.54, 1.807) is 30.3 Å². The molecule has 0 N–H and O–H groups in total. The Kier molecular flexibility index (Phi) is 2.79. The minimum Gasteiger partial charge on any atom is -0.455 e. The molecule has 1 heterocycles. The molecule has 0 amide bonds. The van der Waals surface area contributed by atoms with Crippen LogP contribution in [-0.4, -0.2) is 0 Å². The Hall–Kier alpha value is -6.18. The van der Waals surface area contributed by atoms with Crippen LogP contribution in [0.4, 0.5) is 0 Å². The topological polar surface area (TPSA) is 13.1 Å². The van der Waals surface area contributed by atoms with Crippen LogP contribution in [0.3, 0.4) is 0 Å². The van der Waals surface area contributed by atoms with E-state index in [4.69, 9.17) is 20.9 Å². The summed E-state index contributed by atoms with van der Waals surface area (Å²) in [6.45, 7) is 0. The van der Waals surface area contributed by atoms with Crippen molar-refractivity contribution in [2.75, 3.05) is 0 Å². The summed E-state index contributed by atoms with van der Waals surface area (Å²) in [7, 11) is 0. The average Bonchev–Trinajstić information content (AvgIpc) is 3.72. The smallest absolute Gasteiger partial charge is 0.143 e. The fraction of sp³-hybridized carbons (Fsp3) is 0. The second kappa shape index (κ2) is 10.2. The van der Waals surface area contributed by atoms with Crippen molar-refractivity contribution in [2.45, 2.75) is 0 Å². The van der Waals surface area contributed by atoms with Crippen LogP contribution >= 0.6 is 0 Å². The fourth-order valence-corrected chi connectivity index (χ4v) is 6.26. The normalized spacial score (nSPS) is 18.1. The van der Waals surface area contributed by atoms with E-state index in [9.17, 15) is 12.3 Å². The molecule has 10 aromatic rings. The number of fused-ring (bicyclic) bond motifs is 8. The lowest BCUT2D eigenvalue weighted by molar-refractivity contribution is 0.673. The van der Waals surface area contributed by atoms with Crippen molar-refractivity contribution in [2.24, 2.45) is 0 Å². The zero-order valence-electron chi connectivity index (χ0n) is 44.9. The highest BCUT2D eigenvalue weighted by molar-refractivity contribution is 6.27. The van der Waals surface area contributed by atoms with Crippen molar-refractivity contribution in [3.8, 4) is 33.4 Å². The summed E-state index contributed by atoms with van der Waals surface area (Å²) in [6.07, 6.45) is 0. The molecule has 47 heavy (non-hydrogen) atoms. The Bertz CT molecular complexity index is 3930. The van der Waals surface area contributed by atoms with Crippen molar-refractivity contribution in [1.29, 1.82) is 0 Å². The molecule has 0 saturated heterocycles. The van der Waals surface area contributed by atoms with Gasteiger partial charge in [-0.05, 0) is 101 Å². The van der Waals surface area contributed by atoms with E-state index in [-0.39, 0.29) is 32.5 Å². The van der Waals surface area contributed by atoms with Crippen molar-refractivity contribution < 1.29 is 33.2 Å². The summed E-state index contributed by atoms with van der Waals surface area (Å²) in [5, 5.41) is -1.49. The standard InChI is InChI=1S/C46H28O/c1-2-11-29(12-3-1)32-23-25-35-33(27-32)24-26-41-45-40(19-10-20-42(45)47-46(35)41)44-38-17-8-6-15-36(38)43(37-16-7-9-18-39(37)44)34-22-21-30-13-4-5-14-31(30)28-34/h1-28H/i1D,2D,3D,6D,7D,8D,9D,10D,11D,12D,15D,16D,17D,18D,19D,20D,23D,24D,25D,26D,27D. The van der Waals surface area contributed by atoms with Gasteiger partial charge in [0.1, 0.15) is 11.2 Å². The number of benzene rings is 9. The molecule has 0 unspecified atom stereocenters. The summed E-state index contributed by atoms with van der Waals surface area (Å²) in [6, 6.07) is -3.58. The molecular weight excluding hydrogens is 569 g/mol. The van der Waals surface area contributed by atoms with Crippen LogP contribution in [-0.2, 0) is 0 Å². The molecule has 0 spiro atoms. The first kappa shape index (κ1) is 12.9. The first-order chi connectivity index (χ1) is 32.1. The van der Waals surface area contributed by atoms with Gasteiger partial charge in [0.2, 0.25) is 0 Å². The van der Waals surface area contributed by atoms with Crippen LogP contribution in [0.15, 0.2) is 174 Å². The molecular formula is C46H28O. The highest BCUT2D eigenvalue weighted by Crippen LogP contribution is 2.47. The SMILES string of the molecule is [2H]c1c([2H])c([2H])c(-c2c([2H])c([2H])c3c(c2[2H])c([2H])c([2H])c2c3oc3c([2H])c([2H])c([2H])c(-c4c5c([2H])c([2H])c([2H])c([2H])c5c(-c5ccc6ccccc6c5)c5c([2H])c([2H])c([2H])c([2H])c45)c32)c([2H])c1[2H]. The number of rotatable bonds is 3. The number of hydrogen-bond acceptors (Lipinski definition) is 1. The Morgan fingerprint density at radius 2 is 1.11 bits per heavy atom. The first-order valence-corrected chi connectivity index (χ1v) is 14.5. The lowest BCUT2D eigenvalue weighted by Gasteiger charge is -2.18. The Morgan fingerprint density at radius 1 is 0.426 bits per heavy atom. The highest BCUT2D eigenvalue weighted by atomic mass is 16.3. The van der Waals surface area contributed by atoms with E-state index in [0.717, 1.165) is 5.39 Å². The first-order valence-electron chi connectivity index (χ1n) is 25.0. The van der Waals surface area contributed by atoms with Crippen LogP contribution in [0.1, 0.15) is 28.8 Å².